The van der Waals surface area contributed by atoms with E-state index < -0.39 is 0 Å². The van der Waals surface area contributed by atoms with Gasteiger partial charge in [0.1, 0.15) is 0 Å². The Kier molecular flexibility index (Phi) is 2.08. The third-order valence-corrected chi connectivity index (χ3v) is 3.12. The van der Waals surface area contributed by atoms with Crippen molar-refractivity contribution in [1.29, 1.82) is 0 Å². The molecule has 2 heterocycles. The lowest BCUT2D eigenvalue weighted by Crippen LogP contribution is -1.85. The van der Waals surface area contributed by atoms with Crippen molar-refractivity contribution in [2.45, 2.75) is 0 Å². The Morgan fingerprint density at radius 1 is 1.12 bits per heavy atom. The molecule has 0 aliphatic rings. The first-order valence-corrected chi connectivity index (χ1v) is 5.78. The van der Waals surface area contributed by atoms with E-state index in [1.54, 1.807) is 6.20 Å². The summed E-state index contributed by atoms with van der Waals surface area (Å²) < 4.78 is 0. The van der Waals surface area contributed by atoms with Crippen LogP contribution in [0.2, 0.25) is 0 Å². The van der Waals surface area contributed by atoms with Crippen molar-refractivity contribution < 1.29 is 0 Å². The van der Waals surface area contributed by atoms with Gasteiger partial charge in [-0.05, 0) is 12.1 Å². The Morgan fingerprint density at radius 2 is 2.00 bits per heavy atom. The largest absolute Gasteiger partial charge is 0.375 e. The van der Waals surface area contributed by atoms with Gasteiger partial charge in [0.2, 0.25) is 0 Å². The van der Waals surface area contributed by atoms with Crippen molar-refractivity contribution in [3.63, 3.8) is 0 Å². The number of nitrogens with two attached hydrogens (primary N) is 1. The zero-order valence-corrected chi connectivity index (χ0v) is 9.24. The van der Waals surface area contributed by atoms with Crippen LogP contribution >= 0.6 is 11.3 Å². The van der Waals surface area contributed by atoms with Gasteiger partial charge < -0.3 is 5.73 Å². The summed E-state index contributed by atoms with van der Waals surface area (Å²) in [7, 11) is 0. The highest BCUT2D eigenvalue weighted by Crippen LogP contribution is 2.28. The van der Waals surface area contributed by atoms with E-state index in [1.807, 2.05) is 35.7 Å². The first-order chi connectivity index (χ1) is 7.84. The number of rotatable bonds is 1. The maximum atomic E-state index is 5.65. The van der Waals surface area contributed by atoms with Gasteiger partial charge in [-0.15, -0.1) is 11.3 Å². The van der Waals surface area contributed by atoms with Crippen LogP contribution in [-0.4, -0.2) is 9.97 Å². The van der Waals surface area contributed by atoms with E-state index in [0.717, 1.165) is 22.2 Å². The van der Waals surface area contributed by atoms with Crippen LogP contribution in [-0.2, 0) is 0 Å². The topological polar surface area (TPSA) is 51.8 Å². The molecule has 0 fully saturated rings. The number of nitrogens with zero attached hydrogens (tertiary/aromatic N) is 2. The molecule has 1 aromatic carbocycles. The third kappa shape index (κ3) is 1.44. The fraction of sp³-hybridized carbons (Fsp3) is 0. The van der Waals surface area contributed by atoms with Gasteiger partial charge in [-0.25, -0.2) is 4.98 Å². The number of anilines is 1. The lowest BCUT2D eigenvalue weighted by Gasteiger charge is -2.02. The average Bonchev–Trinajstić information content (AvgIpc) is 2.75. The number of para-hydroxylation sites is 1. The fourth-order valence-corrected chi connectivity index (χ4v) is 2.29. The highest BCUT2D eigenvalue weighted by Gasteiger charge is 2.06. The van der Waals surface area contributed by atoms with Crippen LogP contribution in [0.15, 0.2) is 41.9 Å². The van der Waals surface area contributed by atoms with E-state index in [-0.39, 0.29) is 0 Å². The second-order valence-electron chi connectivity index (χ2n) is 3.45. The first-order valence-electron chi connectivity index (χ1n) is 4.90. The second kappa shape index (κ2) is 3.57. The zero-order valence-electron chi connectivity index (χ0n) is 8.42. The minimum Gasteiger partial charge on any atom is -0.375 e. The minimum absolute atomic E-state index is 0.593. The van der Waals surface area contributed by atoms with Crippen LogP contribution in [0.4, 0.5) is 5.13 Å². The maximum Gasteiger partial charge on any atom is 0.180 e. The number of hydrogen-bond donors (Lipinski definition) is 1. The number of nitrogen functional groups attached to an aromatic ring is 1. The summed E-state index contributed by atoms with van der Waals surface area (Å²) in [4.78, 5) is 8.62. The third-order valence-electron chi connectivity index (χ3n) is 2.45. The highest BCUT2D eigenvalue weighted by molar-refractivity contribution is 7.13. The van der Waals surface area contributed by atoms with Crippen molar-refractivity contribution in [1.82, 2.24) is 9.97 Å². The van der Waals surface area contributed by atoms with E-state index in [1.165, 1.54) is 11.3 Å². The van der Waals surface area contributed by atoms with Crippen molar-refractivity contribution in [2.75, 3.05) is 5.73 Å². The molecule has 0 saturated heterocycles. The Hall–Kier alpha value is -1.94. The van der Waals surface area contributed by atoms with Gasteiger partial charge in [-0.2, -0.15) is 0 Å². The molecule has 0 amide bonds. The average molecular weight is 227 g/mol. The van der Waals surface area contributed by atoms with Crippen LogP contribution in [0, 0.1) is 0 Å². The maximum absolute atomic E-state index is 5.65. The molecule has 0 spiro atoms. The van der Waals surface area contributed by atoms with Crippen molar-refractivity contribution >= 4 is 27.4 Å². The fourth-order valence-electron chi connectivity index (χ4n) is 1.73. The van der Waals surface area contributed by atoms with Gasteiger partial charge in [0, 0.05) is 22.5 Å². The standard InChI is InChI=1S/C12H9N3S/c13-12-15-11(7-16-12)9-5-6-14-10-4-2-1-3-8(9)10/h1-7H,(H2,13,15). The predicted octanol–water partition coefficient (Wildman–Crippen LogP) is 2.94. The summed E-state index contributed by atoms with van der Waals surface area (Å²) in [6.07, 6.45) is 1.80. The van der Waals surface area contributed by atoms with Crippen LogP contribution in [0.1, 0.15) is 0 Å². The summed E-state index contributed by atoms with van der Waals surface area (Å²) in [6.45, 7) is 0. The number of hydrogen-bond acceptors (Lipinski definition) is 4. The van der Waals surface area contributed by atoms with Gasteiger partial charge in [-0.3, -0.25) is 4.98 Å². The smallest absolute Gasteiger partial charge is 0.180 e. The summed E-state index contributed by atoms with van der Waals surface area (Å²) >= 11 is 1.45. The number of benzene rings is 1. The molecule has 0 aliphatic carbocycles. The minimum atomic E-state index is 0.593. The normalized spacial score (nSPS) is 10.8. The van der Waals surface area contributed by atoms with E-state index in [2.05, 4.69) is 9.97 Å². The van der Waals surface area contributed by atoms with Gasteiger partial charge in [0.05, 0.1) is 11.2 Å². The molecule has 0 radical (unpaired) electrons. The molecular formula is C12H9N3S. The van der Waals surface area contributed by atoms with Crippen LogP contribution in [0.25, 0.3) is 22.2 Å². The zero-order chi connectivity index (χ0) is 11.0. The van der Waals surface area contributed by atoms with Gasteiger partial charge in [0.25, 0.3) is 0 Å². The molecule has 0 unspecified atom stereocenters. The molecular weight excluding hydrogens is 218 g/mol. The Morgan fingerprint density at radius 3 is 2.81 bits per heavy atom. The van der Waals surface area contributed by atoms with Gasteiger partial charge in [-0.1, -0.05) is 18.2 Å². The molecule has 2 aromatic heterocycles. The molecule has 16 heavy (non-hydrogen) atoms. The first kappa shape index (κ1) is 9.30. The SMILES string of the molecule is Nc1nc(-c2ccnc3ccccc23)cs1. The summed E-state index contributed by atoms with van der Waals surface area (Å²) in [5.41, 5.74) is 8.63. The quantitative estimate of drug-likeness (QED) is 0.695. The van der Waals surface area contributed by atoms with Crippen molar-refractivity contribution in [2.24, 2.45) is 0 Å². The molecule has 0 saturated carbocycles. The highest BCUT2D eigenvalue weighted by atomic mass is 32.1. The van der Waals surface area contributed by atoms with Gasteiger partial charge in [0.15, 0.2) is 5.13 Å². The number of fused-ring (bicyclic) bond motifs is 1. The molecule has 3 rings (SSSR count). The Balaban J connectivity index is 2.31. The van der Waals surface area contributed by atoms with Crippen molar-refractivity contribution in [3.05, 3.63) is 41.9 Å². The van der Waals surface area contributed by atoms with Crippen LogP contribution in [0.5, 0.6) is 0 Å². The molecule has 2 N–H and O–H groups in total. The summed E-state index contributed by atoms with van der Waals surface area (Å²) in [5.74, 6) is 0. The molecule has 78 valence electrons. The molecule has 0 atom stereocenters. The van der Waals surface area contributed by atoms with Gasteiger partial charge >= 0.3 is 0 Å². The lowest BCUT2D eigenvalue weighted by atomic mass is 10.1. The molecule has 0 bridgehead atoms. The molecule has 0 aliphatic heterocycles. The lowest BCUT2D eigenvalue weighted by molar-refractivity contribution is 1.38. The molecule has 3 nitrogen and oxygen atoms in total. The van der Waals surface area contributed by atoms with Crippen molar-refractivity contribution in [3.8, 4) is 11.3 Å². The number of pyridine rings is 1. The Labute approximate surface area is 96.6 Å². The van der Waals surface area contributed by atoms with E-state index in [0.29, 0.717) is 5.13 Å². The molecule has 3 aromatic rings. The van der Waals surface area contributed by atoms with Crippen LogP contribution < -0.4 is 5.73 Å². The van der Waals surface area contributed by atoms with E-state index >= 15 is 0 Å². The monoisotopic (exact) mass is 227 g/mol. The summed E-state index contributed by atoms with van der Waals surface area (Å²) in [6, 6.07) is 10.00. The number of thiazole rings is 1. The number of aromatic nitrogens is 2. The van der Waals surface area contributed by atoms with E-state index in [9.17, 15) is 0 Å². The second-order valence-corrected chi connectivity index (χ2v) is 4.34. The van der Waals surface area contributed by atoms with Crippen LogP contribution in [0.3, 0.4) is 0 Å². The van der Waals surface area contributed by atoms with E-state index in [4.69, 9.17) is 5.73 Å². The predicted molar refractivity (Wildman–Crippen MR) is 67.3 cm³/mol. The summed E-state index contributed by atoms with van der Waals surface area (Å²) in [5, 5.41) is 3.67. The molecule has 4 heteroatoms. The Bertz CT molecular complexity index is 640.